The maximum Gasteiger partial charge on any atom is 0.445 e. The molecule has 0 bridgehead atoms. The topological polar surface area (TPSA) is 0 Å². The molecule has 0 nitrogen and oxygen atoms in total. The minimum absolute atomic E-state index is 0.222. The van der Waals surface area contributed by atoms with E-state index in [9.17, 15) is 30.7 Å². The molecule has 0 atom stereocenters. The van der Waals surface area contributed by atoms with Gasteiger partial charge in [0.15, 0.2) is 0 Å². The Morgan fingerprint density at radius 2 is 1.38 bits per heavy atom. The third kappa shape index (κ3) is 11.3. The highest BCUT2D eigenvalue weighted by Gasteiger charge is 2.34. The van der Waals surface area contributed by atoms with Crippen molar-refractivity contribution in [2.45, 2.75) is 6.18 Å². The van der Waals surface area contributed by atoms with Crippen LogP contribution in [0.25, 0.3) is 0 Å². The zero-order valence-corrected chi connectivity index (χ0v) is 6.43. The SMILES string of the molecule is FC(F)=CCl.FC=C(F)C(F)(F)F. The fourth-order valence-electron chi connectivity index (χ4n) is 0.0619. The second kappa shape index (κ2) is 6.76. The Kier molecular flexibility index (Phi) is 7.69. The Hall–Kier alpha value is -0.720. The van der Waals surface area contributed by atoms with Gasteiger partial charge in [-0.1, -0.05) is 11.6 Å². The molecule has 0 N–H and O–H groups in total. The van der Waals surface area contributed by atoms with Gasteiger partial charge in [-0.25, -0.2) is 4.39 Å². The second-order valence-corrected chi connectivity index (χ2v) is 1.57. The lowest BCUT2D eigenvalue weighted by atomic mass is 10.6. The van der Waals surface area contributed by atoms with E-state index in [0.29, 0.717) is 0 Å². The largest absolute Gasteiger partial charge is 0.445 e. The fraction of sp³-hybridized carbons (Fsp3) is 0.200. The van der Waals surface area contributed by atoms with Crippen molar-refractivity contribution in [1.29, 1.82) is 0 Å². The van der Waals surface area contributed by atoms with Crippen LogP contribution in [0.2, 0.25) is 0 Å². The zero-order valence-electron chi connectivity index (χ0n) is 5.68. The molecule has 0 rings (SSSR count). The summed E-state index contributed by atoms with van der Waals surface area (Å²) in [6.07, 6.45) is -8.15. The predicted octanol–water partition coefficient (Wildman–Crippen LogP) is 4.29. The molecule has 0 aromatic carbocycles. The van der Waals surface area contributed by atoms with Crippen LogP contribution in [0.4, 0.5) is 30.7 Å². The Labute approximate surface area is 73.3 Å². The molecule has 0 aliphatic rings. The van der Waals surface area contributed by atoms with Crippen molar-refractivity contribution in [2.24, 2.45) is 0 Å². The fourth-order valence-corrected chi connectivity index (χ4v) is 0.0619. The molecule has 0 aromatic rings. The number of halogens is 8. The van der Waals surface area contributed by atoms with Crippen molar-refractivity contribution < 1.29 is 30.7 Å². The smallest absolute Gasteiger partial charge is 0.212 e. The molecule has 0 unspecified atom stereocenters. The summed E-state index contributed by atoms with van der Waals surface area (Å²) in [6, 6.07) is 0. The molecule has 0 heterocycles. The highest BCUT2D eigenvalue weighted by atomic mass is 35.5. The van der Waals surface area contributed by atoms with E-state index in [-0.39, 0.29) is 5.54 Å². The first-order valence-corrected chi connectivity index (χ1v) is 2.83. The van der Waals surface area contributed by atoms with E-state index in [2.05, 4.69) is 11.6 Å². The van der Waals surface area contributed by atoms with Gasteiger partial charge < -0.3 is 0 Å². The summed E-state index contributed by atoms with van der Waals surface area (Å²) in [5.74, 6) is -2.71. The van der Waals surface area contributed by atoms with Gasteiger partial charge in [-0.2, -0.15) is 26.3 Å². The van der Waals surface area contributed by atoms with Crippen LogP contribution in [0, 0.1) is 0 Å². The van der Waals surface area contributed by atoms with Gasteiger partial charge in [0.25, 0.3) is 6.08 Å². The van der Waals surface area contributed by atoms with Crippen LogP contribution in [0.3, 0.4) is 0 Å². The number of hydrogen-bond acceptors (Lipinski definition) is 0. The van der Waals surface area contributed by atoms with Crippen LogP contribution >= 0.6 is 11.6 Å². The van der Waals surface area contributed by atoms with Crippen molar-refractivity contribution in [3.63, 3.8) is 0 Å². The van der Waals surface area contributed by atoms with Gasteiger partial charge >= 0.3 is 6.18 Å². The normalized spacial score (nSPS) is 11.5. The van der Waals surface area contributed by atoms with Gasteiger partial charge in [-0.3, -0.25) is 0 Å². The Bertz CT molecular complexity index is 188. The molecule has 0 amide bonds. The summed E-state index contributed by atoms with van der Waals surface area (Å²) in [5, 5.41) is 0. The van der Waals surface area contributed by atoms with E-state index in [1.165, 1.54) is 0 Å². The van der Waals surface area contributed by atoms with Gasteiger partial charge in [-0.05, 0) is 0 Å². The van der Waals surface area contributed by atoms with Gasteiger partial charge in [-0.15, -0.1) is 0 Å². The van der Waals surface area contributed by atoms with Crippen LogP contribution < -0.4 is 0 Å². The second-order valence-electron chi connectivity index (χ2n) is 1.35. The molecule has 0 aliphatic heterocycles. The number of rotatable bonds is 0. The molecule has 0 spiro atoms. The molecule has 0 saturated heterocycles. The number of hydrogen-bond donors (Lipinski definition) is 0. The van der Waals surface area contributed by atoms with Gasteiger partial charge in [0, 0.05) is 0 Å². The summed E-state index contributed by atoms with van der Waals surface area (Å²) in [4.78, 5) is 0. The molecule has 13 heavy (non-hydrogen) atoms. The summed E-state index contributed by atoms with van der Waals surface area (Å²) in [5.41, 5.74) is 0.222. The van der Waals surface area contributed by atoms with Crippen molar-refractivity contribution >= 4 is 11.6 Å². The Morgan fingerprint density at radius 1 is 1.08 bits per heavy atom. The summed E-state index contributed by atoms with van der Waals surface area (Å²) in [7, 11) is 0. The minimum Gasteiger partial charge on any atom is -0.212 e. The van der Waals surface area contributed by atoms with E-state index >= 15 is 0 Å². The molecule has 0 aromatic heterocycles. The summed E-state index contributed by atoms with van der Waals surface area (Å²) < 4.78 is 74.9. The summed E-state index contributed by atoms with van der Waals surface area (Å²) >= 11 is 4.42. The molecule has 0 fully saturated rings. The maximum absolute atomic E-state index is 11.0. The van der Waals surface area contributed by atoms with E-state index in [0.717, 1.165) is 0 Å². The highest BCUT2D eigenvalue weighted by Crippen LogP contribution is 2.25. The molecular formula is C5H2ClF7. The van der Waals surface area contributed by atoms with Crippen molar-refractivity contribution in [2.75, 3.05) is 0 Å². The molecule has 0 radical (unpaired) electrons. The van der Waals surface area contributed by atoms with Gasteiger partial charge in [0.05, 0.1) is 5.54 Å². The van der Waals surface area contributed by atoms with Crippen LogP contribution in [-0.4, -0.2) is 6.18 Å². The quantitative estimate of drug-likeness (QED) is 0.545. The Morgan fingerprint density at radius 3 is 1.38 bits per heavy atom. The monoisotopic (exact) mass is 230 g/mol. The average molecular weight is 231 g/mol. The lowest BCUT2D eigenvalue weighted by Crippen LogP contribution is -2.06. The number of allylic oxidation sites excluding steroid dienone is 1. The van der Waals surface area contributed by atoms with Crippen LogP contribution in [0.5, 0.6) is 0 Å². The van der Waals surface area contributed by atoms with E-state index in [4.69, 9.17) is 0 Å². The molecular weight excluding hydrogens is 228 g/mol. The van der Waals surface area contributed by atoms with E-state index in [1.54, 1.807) is 0 Å². The molecule has 0 aliphatic carbocycles. The standard InChI is InChI=1S/C3HF5.C2HClF2/c4-1-2(5)3(6,7)8;3-1-2(4)5/h1H;1H. The zero-order chi connectivity index (χ0) is 11.1. The third-order valence-corrected chi connectivity index (χ3v) is 0.614. The van der Waals surface area contributed by atoms with Crippen molar-refractivity contribution in [3.8, 4) is 0 Å². The van der Waals surface area contributed by atoms with Crippen LogP contribution in [-0.2, 0) is 0 Å². The van der Waals surface area contributed by atoms with Gasteiger partial charge in [0.2, 0.25) is 5.83 Å². The van der Waals surface area contributed by atoms with Gasteiger partial charge in [0.1, 0.15) is 6.33 Å². The van der Waals surface area contributed by atoms with E-state index in [1.807, 2.05) is 0 Å². The maximum atomic E-state index is 11.0. The first-order valence-electron chi connectivity index (χ1n) is 2.40. The first-order chi connectivity index (χ1) is 5.75. The van der Waals surface area contributed by atoms with Crippen LogP contribution in [0.1, 0.15) is 0 Å². The molecule has 8 heteroatoms. The van der Waals surface area contributed by atoms with Crippen LogP contribution in [0.15, 0.2) is 23.8 Å². The number of alkyl halides is 3. The first kappa shape index (κ1) is 14.8. The highest BCUT2D eigenvalue weighted by molar-refractivity contribution is 6.25. The summed E-state index contributed by atoms with van der Waals surface area (Å²) in [6.45, 7) is 0. The van der Waals surface area contributed by atoms with Crippen molar-refractivity contribution in [3.05, 3.63) is 23.8 Å². The lowest BCUT2D eigenvalue weighted by molar-refractivity contribution is -0.109. The predicted molar refractivity (Wildman–Crippen MR) is 32.5 cm³/mol. The molecule has 0 saturated carbocycles. The Balaban J connectivity index is 0. The minimum atomic E-state index is -5.17. The van der Waals surface area contributed by atoms with E-state index < -0.39 is 24.4 Å². The third-order valence-electron chi connectivity index (χ3n) is 0.449. The van der Waals surface area contributed by atoms with Crippen molar-refractivity contribution in [1.82, 2.24) is 0 Å². The average Bonchev–Trinajstić information content (AvgIpc) is 2.02. The lowest BCUT2D eigenvalue weighted by Gasteiger charge is -1.97. The molecule has 78 valence electrons.